The zero-order valence-corrected chi connectivity index (χ0v) is 11.7. The first-order chi connectivity index (χ1) is 8.82. The summed E-state index contributed by atoms with van der Waals surface area (Å²) in [4.78, 5) is 10.7. The lowest BCUT2D eigenvalue weighted by molar-refractivity contribution is -0.118. The standard InChI is InChI=1S/C11H16N2O5S/c1-13(7-11(12)14)19(15,16)10-6-8(17-2)4-5-9(10)18-3/h4-6H,7H2,1-3H3,(H2,12,14). The summed E-state index contributed by atoms with van der Waals surface area (Å²) in [7, 11) is 0.159. The number of primary amides is 1. The van der Waals surface area contributed by atoms with Gasteiger partial charge in [-0.3, -0.25) is 4.79 Å². The average molecular weight is 288 g/mol. The van der Waals surface area contributed by atoms with Crippen LogP contribution in [0.5, 0.6) is 11.5 Å². The SMILES string of the molecule is COc1ccc(OC)c(S(=O)(=O)N(C)CC(N)=O)c1. The Labute approximate surface area is 112 Å². The largest absolute Gasteiger partial charge is 0.497 e. The Hall–Kier alpha value is -1.80. The van der Waals surface area contributed by atoms with Crippen LogP contribution in [0, 0.1) is 0 Å². The highest BCUT2D eigenvalue weighted by molar-refractivity contribution is 7.89. The van der Waals surface area contributed by atoms with Crippen LogP contribution >= 0.6 is 0 Å². The maximum absolute atomic E-state index is 12.3. The zero-order chi connectivity index (χ0) is 14.6. The highest BCUT2D eigenvalue weighted by Crippen LogP contribution is 2.29. The van der Waals surface area contributed by atoms with Crippen molar-refractivity contribution < 1.29 is 22.7 Å². The summed E-state index contributed by atoms with van der Waals surface area (Å²) in [6.07, 6.45) is 0. The Bertz CT molecular complexity index is 570. The van der Waals surface area contributed by atoms with E-state index in [0.29, 0.717) is 5.75 Å². The van der Waals surface area contributed by atoms with E-state index in [1.165, 1.54) is 33.4 Å². The van der Waals surface area contributed by atoms with Gasteiger partial charge in [0.05, 0.1) is 20.8 Å². The van der Waals surface area contributed by atoms with Crippen LogP contribution in [0.1, 0.15) is 0 Å². The maximum Gasteiger partial charge on any atom is 0.247 e. The van der Waals surface area contributed by atoms with Gasteiger partial charge in [-0.05, 0) is 12.1 Å². The lowest BCUT2D eigenvalue weighted by Gasteiger charge is -2.17. The summed E-state index contributed by atoms with van der Waals surface area (Å²) in [5.74, 6) is -0.211. The molecule has 0 unspecified atom stereocenters. The molecule has 2 N–H and O–H groups in total. The number of methoxy groups -OCH3 is 2. The molecule has 0 heterocycles. The first-order valence-corrected chi connectivity index (χ1v) is 6.73. The molecular formula is C11H16N2O5S. The van der Waals surface area contributed by atoms with Crippen molar-refractivity contribution in [1.29, 1.82) is 0 Å². The number of nitrogens with zero attached hydrogens (tertiary/aromatic N) is 1. The normalized spacial score (nSPS) is 11.4. The van der Waals surface area contributed by atoms with Crippen LogP contribution in [0.15, 0.2) is 23.1 Å². The number of carbonyl (C=O) groups is 1. The summed E-state index contributed by atoms with van der Waals surface area (Å²) < 4.78 is 35.4. The second kappa shape index (κ2) is 5.89. The molecule has 0 aliphatic heterocycles. The first kappa shape index (κ1) is 15.3. The van der Waals surface area contributed by atoms with Crippen LogP contribution in [0.3, 0.4) is 0 Å². The van der Waals surface area contributed by atoms with Gasteiger partial charge in [0.25, 0.3) is 0 Å². The van der Waals surface area contributed by atoms with Crippen LogP contribution in [0.25, 0.3) is 0 Å². The minimum atomic E-state index is -3.88. The molecule has 1 amide bonds. The highest BCUT2D eigenvalue weighted by atomic mass is 32.2. The molecule has 8 heteroatoms. The van der Waals surface area contributed by atoms with Crippen molar-refractivity contribution in [3.05, 3.63) is 18.2 Å². The van der Waals surface area contributed by atoms with Crippen molar-refractivity contribution in [2.24, 2.45) is 5.73 Å². The zero-order valence-electron chi connectivity index (χ0n) is 10.9. The van der Waals surface area contributed by atoms with Crippen molar-refractivity contribution >= 4 is 15.9 Å². The summed E-state index contributed by atoms with van der Waals surface area (Å²) in [6.45, 7) is -0.414. The molecule has 0 saturated heterocycles. The molecule has 1 aromatic carbocycles. The van der Waals surface area contributed by atoms with Crippen molar-refractivity contribution in [2.75, 3.05) is 27.8 Å². The van der Waals surface area contributed by atoms with Gasteiger partial charge in [-0.1, -0.05) is 0 Å². The van der Waals surface area contributed by atoms with E-state index in [2.05, 4.69) is 0 Å². The van der Waals surface area contributed by atoms with E-state index >= 15 is 0 Å². The van der Waals surface area contributed by atoms with E-state index in [4.69, 9.17) is 15.2 Å². The van der Waals surface area contributed by atoms with E-state index in [-0.39, 0.29) is 10.6 Å². The molecule has 0 radical (unpaired) electrons. The fourth-order valence-corrected chi connectivity index (χ4v) is 2.76. The average Bonchev–Trinajstić information content (AvgIpc) is 2.37. The Morgan fingerprint density at radius 1 is 1.32 bits per heavy atom. The number of nitrogens with two attached hydrogens (primary N) is 1. The maximum atomic E-state index is 12.3. The van der Waals surface area contributed by atoms with E-state index in [9.17, 15) is 13.2 Å². The minimum absolute atomic E-state index is 0.0851. The molecule has 0 aliphatic rings. The predicted molar refractivity (Wildman–Crippen MR) is 68.6 cm³/mol. The van der Waals surface area contributed by atoms with Crippen molar-refractivity contribution in [3.63, 3.8) is 0 Å². The third-order valence-electron chi connectivity index (χ3n) is 2.44. The molecule has 0 aromatic heterocycles. The first-order valence-electron chi connectivity index (χ1n) is 5.29. The topological polar surface area (TPSA) is 98.9 Å². The van der Waals surface area contributed by atoms with E-state index in [0.717, 1.165) is 4.31 Å². The Morgan fingerprint density at radius 2 is 1.95 bits per heavy atom. The quantitative estimate of drug-likeness (QED) is 0.782. The second-order valence-electron chi connectivity index (χ2n) is 3.74. The number of rotatable bonds is 6. The van der Waals surface area contributed by atoms with Gasteiger partial charge in [-0.2, -0.15) is 4.31 Å². The molecule has 0 saturated carbocycles. The Balaban J connectivity index is 3.29. The van der Waals surface area contributed by atoms with Gasteiger partial charge in [0.2, 0.25) is 15.9 Å². The third-order valence-corrected chi connectivity index (χ3v) is 4.26. The lowest BCUT2D eigenvalue weighted by atomic mass is 10.3. The number of benzene rings is 1. The molecule has 19 heavy (non-hydrogen) atoms. The van der Waals surface area contributed by atoms with Gasteiger partial charge in [-0.25, -0.2) is 8.42 Å². The summed E-state index contributed by atoms with van der Waals surface area (Å²) in [5, 5.41) is 0. The number of carbonyl (C=O) groups excluding carboxylic acids is 1. The van der Waals surface area contributed by atoms with Crippen molar-refractivity contribution in [1.82, 2.24) is 4.31 Å². The molecule has 0 fully saturated rings. The molecule has 0 bridgehead atoms. The Morgan fingerprint density at radius 3 is 2.42 bits per heavy atom. The minimum Gasteiger partial charge on any atom is -0.497 e. The van der Waals surface area contributed by atoms with Gasteiger partial charge in [0.15, 0.2) is 0 Å². The number of amides is 1. The summed E-state index contributed by atoms with van der Waals surface area (Å²) in [6, 6.07) is 4.38. The molecule has 0 atom stereocenters. The van der Waals surface area contributed by atoms with E-state index in [1.807, 2.05) is 0 Å². The fourth-order valence-electron chi connectivity index (χ4n) is 1.46. The number of hydrogen-bond acceptors (Lipinski definition) is 5. The summed E-state index contributed by atoms with van der Waals surface area (Å²) >= 11 is 0. The van der Waals surface area contributed by atoms with Crippen LogP contribution in [0.4, 0.5) is 0 Å². The van der Waals surface area contributed by atoms with Gasteiger partial charge in [-0.15, -0.1) is 0 Å². The smallest absolute Gasteiger partial charge is 0.247 e. The number of likely N-dealkylation sites (N-methyl/N-ethyl adjacent to an activating group) is 1. The number of sulfonamides is 1. The molecule has 7 nitrogen and oxygen atoms in total. The van der Waals surface area contributed by atoms with Gasteiger partial charge in [0, 0.05) is 13.1 Å². The Kier molecular flexibility index (Phi) is 4.73. The molecule has 1 aromatic rings. The van der Waals surface area contributed by atoms with E-state index in [1.54, 1.807) is 6.07 Å². The van der Waals surface area contributed by atoms with Gasteiger partial charge < -0.3 is 15.2 Å². The molecule has 106 valence electrons. The van der Waals surface area contributed by atoms with Gasteiger partial charge in [0.1, 0.15) is 16.4 Å². The molecule has 0 spiro atoms. The monoisotopic (exact) mass is 288 g/mol. The summed E-state index contributed by atoms with van der Waals surface area (Å²) in [5.41, 5.74) is 4.99. The molecule has 1 rings (SSSR count). The van der Waals surface area contributed by atoms with Gasteiger partial charge >= 0.3 is 0 Å². The lowest BCUT2D eigenvalue weighted by Crippen LogP contribution is -2.35. The molecular weight excluding hydrogens is 272 g/mol. The second-order valence-corrected chi connectivity index (χ2v) is 5.76. The predicted octanol–water partition coefficient (Wildman–Crippen LogP) is -0.190. The number of ether oxygens (including phenoxy) is 2. The fraction of sp³-hybridized carbons (Fsp3) is 0.364. The van der Waals surface area contributed by atoms with Crippen LogP contribution in [-0.4, -0.2) is 46.4 Å². The number of hydrogen-bond donors (Lipinski definition) is 1. The molecule has 0 aliphatic carbocycles. The van der Waals surface area contributed by atoms with E-state index < -0.39 is 22.5 Å². The van der Waals surface area contributed by atoms with Crippen molar-refractivity contribution in [3.8, 4) is 11.5 Å². The highest BCUT2D eigenvalue weighted by Gasteiger charge is 2.26. The van der Waals surface area contributed by atoms with Crippen LogP contribution < -0.4 is 15.2 Å². The van der Waals surface area contributed by atoms with Crippen LogP contribution in [0.2, 0.25) is 0 Å². The van der Waals surface area contributed by atoms with Crippen LogP contribution in [-0.2, 0) is 14.8 Å². The van der Waals surface area contributed by atoms with Crippen molar-refractivity contribution in [2.45, 2.75) is 4.90 Å². The third kappa shape index (κ3) is 3.36.